The van der Waals surface area contributed by atoms with Crippen molar-refractivity contribution in [3.05, 3.63) is 75.8 Å². The summed E-state index contributed by atoms with van der Waals surface area (Å²) in [5.41, 5.74) is 5.14. The number of piperazine rings is 1. The number of nitrogens with zero attached hydrogens (tertiary/aromatic N) is 6. The van der Waals surface area contributed by atoms with Gasteiger partial charge < -0.3 is 9.80 Å². The number of carbonyl (C=O) groups is 2. The minimum absolute atomic E-state index is 0.0722. The van der Waals surface area contributed by atoms with Crippen molar-refractivity contribution < 1.29 is 9.59 Å². The van der Waals surface area contributed by atoms with E-state index in [1.807, 2.05) is 46.8 Å². The molecule has 5 rings (SSSR count). The van der Waals surface area contributed by atoms with Crippen LogP contribution in [-0.4, -0.2) is 62.6 Å². The molecule has 0 saturated carbocycles. The van der Waals surface area contributed by atoms with Crippen molar-refractivity contribution in [2.24, 2.45) is 7.05 Å². The Morgan fingerprint density at radius 1 is 1.00 bits per heavy atom. The Hall–Kier alpha value is -4.27. The molecule has 0 N–H and O–H groups in total. The summed E-state index contributed by atoms with van der Waals surface area (Å²) in [6.45, 7) is 6.78. The quantitative estimate of drug-likeness (QED) is 0.405. The molecule has 36 heavy (non-hydrogen) atoms. The average molecular weight is 485 g/mol. The second-order valence-corrected chi connectivity index (χ2v) is 9.19. The fraction of sp³-hybridized carbons (Fsp3) is 0.296. The van der Waals surface area contributed by atoms with Crippen molar-refractivity contribution in [1.29, 1.82) is 0 Å². The lowest BCUT2D eigenvalue weighted by Crippen LogP contribution is -2.48. The van der Waals surface area contributed by atoms with Gasteiger partial charge in [-0.3, -0.25) is 23.7 Å². The summed E-state index contributed by atoms with van der Waals surface area (Å²) in [5, 5.41) is 0.631. The van der Waals surface area contributed by atoms with E-state index in [0.717, 1.165) is 34.1 Å². The zero-order valence-electron chi connectivity index (χ0n) is 20.6. The molecule has 3 heterocycles. The first kappa shape index (κ1) is 23.5. The zero-order valence-corrected chi connectivity index (χ0v) is 20.6. The normalized spacial score (nSPS) is 13.9. The lowest BCUT2D eigenvalue weighted by molar-refractivity contribution is -0.129. The van der Waals surface area contributed by atoms with Gasteiger partial charge in [-0.2, -0.15) is 0 Å². The Morgan fingerprint density at radius 2 is 1.72 bits per heavy atom. The van der Waals surface area contributed by atoms with Crippen LogP contribution in [-0.2, 0) is 18.4 Å². The number of carbonyl (C=O) groups excluding carboxylic acids is 2. The fourth-order valence-corrected chi connectivity index (χ4v) is 4.69. The van der Waals surface area contributed by atoms with Crippen molar-refractivity contribution in [2.75, 3.05) is 31.1 Å². The third-order valence-corrected chi connectivity index (χ3v) is 6.97. The summed E-state index contributed by atoms with van der Waals surface area (Å²) >= 11 is 0. The summed E-state index contributed by atoms with van der Waals surface area (Å²) in [6.07, 6.45) is 4.43. The molecule has 9 nitrogen and oxygen atoms in total. The Morgan fingerprint density at radius 3 is 2.39 bits per heavy atom. The molecule has 0 spiro atoms. The van der Waals surface area contributed by atoms with Crippen LogP contribution in [0, 0.1) is 6.92 Å². The number of amides is 1. The predicted molar refractivity (Wildman–Crippen MR) is 138 cm³/mol. The van der Waals surface area contributed by atoms with Crippen molar-refractivity contribution in [2.45, 2.75) is 20.4 Å². The third kappa shape index (κ3) is 4.28. The first-order chi connectivity index (χ1) is 17.4. The van der Waals surface area contributed by atoms with Gasteiger partial charge in [0.25, 0.3) is 5.56 Å². The number of anilines is 1. The molecule has 184 valence electrons. The molecule has 4 aromatic rings. The molecular formula is C27H28N6O3. The highest BCUT2D eigenvalue weighted by Crippen LogP contribution is 2.25. The highest BCUT2D eigenvalue weighted by Gasteiger charge is 2.20. The molecule has 0 unspecified atom stereocenters. The highest BCUT2D eigenvalue weighted by atomic mass is 16.2. The number of benzene rings is 2. The van der Waals surface area contributed by atoms with E-state index in [1.165, 1.54) is 0 Å². The molecule has 2 aromatic carbocycles. The Bertz CT molecular complexity index is 1510. The van der Waals surface area contributed by atoms with Gasteiger partial charge in [0.1, 0.15) is 6.29 Å². The first-order valence-electron chi connectivity index (χ1n) is 11.9. The van der Waals surface area contributed by atoms with E-state index in [9.17, 15) is 14.4 Å². The van der Waals surface area contributed by atoms with Crippen LogP contribution in [0.4, 0.5) is 5.95 Å². The van der Waals surface area contributed by atoms with Gasteiger partial charge in [-0.05, 0) is 41.8 Å². The van der Waals surface area contributed by atoms with Gasteiger partial charge in [-0.1, -0.05) is 18.2 Å². The molecule has 2 aromatic heterocycles. The van der Waals surface area contributed by atoms with E-state index >= 15 is 0 Å². The number of aldehydes is 1. The molecule has 0 aliphatic carbocycles. The van der Waals surface area contributed by atoms with Crippen LogP contribution in [0.1, 0.15) is 28.4 Å². The zero-order chi connectivity index (χ0) is 25.4. The maximum Gasteiger partial charge on any atom is 0.274 e. The van der Waals surface area contributed by atoms with E-state index in [4.69, 9.17) is 0 Å². The summed E-state index contributed by atoms with van der Waals surface area (Å²) in [4.78, 5) is 48.8. The number of hydrogen-bond donors (Lipinski definition) is 0. The molecule has 9 heteroatoms. The predicted octanol–water partition coefficient (Wildman–Crippen LogP) is 2.63. The van der Waals surface area contributed by atoms with E-state index in [1.54, 1.807) is 37.1 Å². The van der Waals surface area contributed by atoms with E-state index < -0.39 is 0 Å². The minimum Gasteiger partial charge on any atom is -0.339 e. The smallest absolute Gasteiger partial charge is 0.274 e. The third-order valence-electron chi connectivity index (χ3n) is 6.97. The van der Waals surface area contributed by atoms with E-state index in [-0.39, 0.29) is 11.5 Å². The standard InChI is InChI=1S/C27H28N6O3/c1-18-4-5-20(17-34)12-22(18)16-33-25-13-21(6-7-24(25)26(36)30(33)3)23-14-28-27(29-15-23)32-10-8-31(9-11-32)19(2)35/h4-7,12-15,17H,8-11,16H2,1-3H3. The fourth-order valence-electron chi connectivity index (χ4n) is 4.69. The first-order valence-corrected chi connectivity index (χ1v) is 11.9. The SMILES string of the molecule is CC(=O)N1CCN(c2ncc(-c3ccc4c(=O)n(C)n(Cc5cc(C=O)ccc5C)c4c3)cn2)CC1. The topological polar surface area (TPSA) is 93.3 Å². The maximum atomic E-state index is 12.9. The molecule has 0 bridgehead atoms. The van der Waals surface area contributed by atoms with E-state index in [2.05, 4.69) is 14.9 Å². The lowest BCUT2D eigenvalue weighted by atomic mass is 10.0. The van der Waals surface area contributed by atoms with Crippen LogP contribution in [0.25, 0.3) is 22.0 Å². The molecule has 1 aliphatic heterocycles. The van der Waals surface area contributed by atoms with Gasteiger partial charge >= 0.3 is 0 Å². The van der Waals surface area contributed by atoms with Crippen molar-refractivity contribution in [1.82, 2.24) is 24.2 Å². The summed E-state index contributed by atoms with van der Waals surface area (Å²) in [5.74, 6) is 0.734. The van der Waals surface area contributed by atoms with Gasteiger partial charge in [-0.15, -0.1) is 0 Å². The van der Waals surface area contributed by atoms with Gasteiger partial charge in [0.15, 0.2) is 0 Å². The van der Waals surface area contributed by atoms with Gasteiger partial charge in [0.2, 0.25) is 11.9 Å². The molecule has 0 atom stereocenters. The van der Waals surface area contributed by atoms with Crippen molar-refractivity contribution >= 4 is 29.0 Å². The van der Waals surface area contributed by atoms with Crippen LogP contribution in [0.3, 0.4) is 0 Å². The Balaban J connectivity index is 1.45. The molecule has 1 amide bonds. The minimum atomic E-state index is -0.0722. The van der Waals surface area contributed by atoms with Crippen LogP contribution in [0.5, 0.6) is 0 Å². The summed E-state index contributed by atoms with van der Waals surface area (Å²) in [7, 11) is 1.75. The van der Waals surface area contributed by atoms with Crippen molar-refractivity contribution in [3.8, 4) is 11.1 Å². The highest BCUT2D eigenvalue weighted by molar-refractivity contribution is 5.84. The summed E-state index contributed by atoms with van der Waals surface area (Å²) < 4.78 is 3.55. The Labute approximate surface area is 208 Å². The van der Waals surface area contributed by atoms with Gasteiger partial charge in [0.05, 0.1) is 17.4 Å². The molecule has 1 aliphatic rings. The van der Waals surface area contributed by atoms with Crippen LogP contribution >= 0.6 is 0 Å². The van der Waals surface area contributed by atoms with Gasteiger partial charge in [-0.25, -0.2) is 9.97 Å². The lowest BCUT2D eigenvalue weighted by Gasteiger charge is -2.34. The number of hydrogen-bond acceptors (Lipinski definition) is 6. The van der Waals surface area contributed by atoms with Crippen LogP contribution < -0.4 is 10.5 Å². The maximum absolute atomic E-state index is 12.9. The number of fused-ring (bicyclic) bond motifs is 1. The average Bonchev–Trinajstić information content (AvgIpc) is 3.14. The molecule has 0 radical (unpaired) electrons. The number of rotatable bonds is 5. The molecule has 1 fully saturated rings. The van der Waals surface area contributed by atoms with Gasteiger partial charge in [0, 0.05) is 63.7 Å². The van der Waals surface area contributed by atoms with Crippen LogP contribution in [0.2, 0.25) is 0 Å². The second kappa shape index (κ2) is 9.41. The summed E-state index contributed by atoms with van der Waals surface area (Å²) in [6, 6.07) is 11.3. The van der Waals surface area contributed by atoms with E-state index in [0.29, 0.717) is 49.6 Å². The van der Waals surface area contributed by atoms with Crippen LogP contribution in [0.15, 0.2) is 53.6 Å². The Kier molecular flexibility index (Phi) is 6.13. The monoisotopic (exact) mass is 484 g/mol. The largest absolute Gasteiger partial charge is 0.339 e. The molecular weight excluding hydrogens is 456 g/mol. The molecule has 1 saturated heterocycles. The number of aryl methyl sites for hydroxylation is 1. The van der Waals surface area contributed by atoms with Crippen molar-refractivity contribution in [3.63, 3.8) is 0 Å². The second-order valence-electron chi connectivity index (χ2n) is 9.19. The number of aromatic nitrogens is 4.